The van der Waals surface area contributed by atoms with Gasteiger partial charge >= 0.3 is 0 Å². The van der Waals surface area contributed by atoms with Crippen LogP contribution in [0.25, 0.3) is 0 Å². The number of benzene rings is 1. The van der Waals surface area contributed by atoms with Gasteiger partial charge in [-0.2, -0.15) is 0 Å². The fourth-order valence-corrected chi connectivity index (χ4v) is 1.76. The van der Waals surface area contributed by atoms with E-state index < -0.39 is 0 Å². The number of hydrogen-bond acceptors (Lipinski definition) is 2. The summed E-state index contributed by atoms with van der Waals surface area (Å²) in [4.78, 5) is 0. The van der Waals surface area contributed by atoms with Gasteiger partial charge in [-0.15, -0.1) is 0 Å². The summed E-state index contributed by atoms with van der Waals surface area (Å²) < 4.78 is 18.3. The van der Waals surface area contributed by atoms with Crippen LogP contribution in [0.3, 0.4) is 0 Å². The molecule has 2 rings (SSSR count). The predicted octanol–water partition coefficient (Wildman–Crippen LogP) is 3.92. The molecule has 1 N–H and O–H groups in total. The van der Waals surface area contributed by atoms with E-state index in [2.05, 4.69) is 5.32 Å². The minimum absolute atomic E-state index is 0.0505. The standard InChI is InChI=1S/C13H13ClFNO/c1-9(10-3-2-4-11(15)7-10)16-8-12-5-6-13(14)17-12/h2-7,9,16H,8H2,1H3. The third-order valence-corrected chi connectivity index (χ3v) is 2.76. The highest BCUT2D eigenvalue weighted by Gasteiger charge is 2.07. The lowest BCUT2D eigenvalue weighted by Crippen LogP contribution is -2.17. The van der Waals surface area contributed by atoms with Gasteiger partial charge in [0, 0.05) is 6.04 Å². The van der Waals surface area contributed by atoms with Gasteiger partial charge < -0.3 is 9.73 Å². The first-order chi connectivity index (χ1) is 8.15. The summed E-state index contributed by atoms with van der Waals surface area (Å²) in [5.41, 5.74) is 0.905. The van der Waals surface area contributed by atoms with Gasteiger partial charge in [-0.3, -0.25) is 0 Å². The normalized spacial score (nSPS) is 12.6. The topological polar surface area (TPSA) is 25.2 Å². The lowest BCUT2D eigenvalue weighted by atomic mass is 10.1. The van der Waals surface area contributed by atoms with E-state index >= 15 is 0 Å². The molecule has 0 aliphatic carbocycles. The van der Waals surface area contributed by atoms with Crippen LogP contribution in [0.1, 0.15) is 24.3 Å². The second kappa shape index (κ2) is 5.34. The summed E-state index contributed by atoms with van der Waals surface area (Å²) in [6, 6.07) is 10.1. The number of hydrogen-bond donors (Lipinski definition) is 1. The Balaban J connectivity index is 1.95. The molecule has 1 aromatic heterocycles. The smallest absolute Gasteiger partial charge is 0.193 e. The van der Waals surface area contributed by atoms with E-state index in [9.17, 15) is 4.39 Å². The van der Waals surface area contributed by atoms with E-state index in [1.165, 1.54) is 12.1 Å². The average Bonchev–Trinajstić information content (AvgIpc) is 2.72. The van der Waals surface area contributed by atoms with Gasteiger partial charge in [0.1, 0.15) is 11.6 Å². The quantitative estimate of drug-likeness (QED) is 0.893. The molecule has 0 saturated carbocycles. The highest BCUT2D eigenvalue weighted by molar-refractivity contribution is 6.28. The fourth-order valence-electron chi connectivity index (χ4n) is 1.59. The Morgan fingerprint density at radius 1 is 1.35 bits per heavy atom. The number of halogens is 2. The molecular weight excluding hydrogens is 241 g/mol. The average molecular weight is 254 g/mol. The van der Waals surface area contributed by atoms with Crippen LogP contribution in [0.2, 0.25) is 5.22 Å². The number of furan rings is 1. The lowest BCUT2D eigenvalue weighted by Gasteiger charge is -2.13. The summed E-state index contributed by atoms with van der Waals surface area (Å²) >= 11 is 5.67. The molecule has 90 valence electrons. The van der Waals surface area contributed by atoms with E-state index in [0.717, 1.165) is 11.3 Å². The minimum Gasteiger partial charge on any atom is -0.448 e. The molecule has 0 bridgehead atoms. The van der Waals surface area contributed by atoms with Crippen molar-refractivity contribution >= 4 is 11.6 Å². The van der Waals surface area contributed by atoms with E-state index in [4.69, 9.17) is 16.0 Å². The van der Waals surface area contributed by atoms with Crippen LogP contribution >= 0.6 is 11.6 Å². The van der Waals surface area contributed by atoms with E-state index in [-0.39, 0.29) is 11.9 Å². The fraction of sp³-hybridized carbons (Fsp3) is 0.231. The molecular formula is C13H13ClFNO. The van der Waals surface area contributed by atoms with Crippen molar-refractivity contribution in [3.05, 3.63) is 58.8 Å². The van der Waals surface area contributed by atoms with Crippen molar-refractivity contribution in [3.63, 3.8) is 0 Å². The molecule has 1 heterocycles. The highest BCUT2D eigenvalue weighted by atomic mass is 35.5. The van der Waals surface area contributed by atoms with Crippen molar-refractivity contribution in [3.8, 4) is 0 Å². The zero-order valence-electron chi connectivity index (χ0n) is 9.41. The summed E-state index contributed by atoms with van der Waals surface area (Å²) in [6.45, 7) is 2.53. The van der Waals surface area contributed by atoms with Crippen LogP contribution in [0.5, 0.6) is 0 Å². The zero-order valence-corrected chi connectivity index (χ0v) is 10.2. The Hall–Kier alpha value is -1.32. The van der Waals surface area contributed by atoms with Gasteiger partial charge in [-0.05, 0) is 48.4 Å². The molecule has 1 atom stereocenters. The molecule has 0 fully saturated rings. The maximum absolute atomic E-state index is 13.0. The van der Waals surface area contributed by atoms with Crippen LogP contribution in [-0.2, 0) is 6.54 Å². The van der Waals surface area contributed by atoms with Crippen molar-refractivity contribution < 1.29 is 8.81 Å². The lowest BCUT2D eigenvalue weighted by molar-refractivity contribution is 0.461. The second-order valence-electron chi connectivity index (χ2n) is 3.86. The zero-order chi connectivity index (χ0) is 12.3. The summed E-state index contributed by atoms with van der Waals surface area (Å²) in [7, 11) is 0. The van der Waals surface area contributed by atoms with Crippen molar-refractivity contribution in [2.75, 3.05) is 0 Å². The molecule has 1 unspecified atom stereocenters. The van der Waals surface area contributed by atoms with Crippen molar-refractivity contribution in [2.45, 2.75) is 19.5 Å². The maximum Gasteiger partial charge on any atom is 0.193 e. The van der Waals surface area contributed by atoms with Gasteiger partial charge in [-0.25, -0.2) is 4.39 Å². The predicted molar refractivity (Wildman–Crippen MR) is 65.4 cm³/mol. The van der Waals surface area contributed by atoms with Crippen LogP contribution in [-0.4, -0.2) is 0 Å². The number of nitrogens with one attached hydrogen (secondary N) is 1. The SMILES string of the molecule is CC(NCc1ccc(Cl)o1)c1cccc(F)c1. The van der Waals surface area contributed by atoms with Crippen LogP contribution < -0.4 is 5.32 Å². The van der Waals surface area contributed by atoms with Gasteiger partial charge in [0.2, 0.25) is 0 Å². The first kappa shape index (κ1) is 12.1. The molecule has 0 saturated heterocycles. The molecule has 0 amide bonds. The summed E-state index contributed by atoms with van der Waals surface area (Å²) in [5, 5.41) is 3.61. The van der Waals surface area contributed by atoms with Crippen molar-refractivity contribution in [1.82, 2.24) is 5.32 Å². The first-order valence-corrected chi connectivity index (χ1v) is 5.76. The van der Waals surface area contributed by atoms with Gasteiger partial charge in [-0.1, -0.05) is 12.1 Å². The Morgan fingerprint density at radius 3 is 2.82 bits per heavy atom. The minimum atomic E-state index is -0.225. The summed E-state index contributed by atoms with van der Waals surface area (Å²) in [5.74, 6) is 0.537. The maximum atomic E-state index is 13.0. The monoisotopic (exact) mass is 253 g/mol. The molecule has 0 aliphatic heterocycles. The van der Waals surface area contributed by atoms with Crippen molar-refractivity contribution in [1.29, 1.82) is 0 Å². The molecule has 0 radical (unpaired) electrons. The molecule has 4 heteroatoms. The number of rotatable bonds is 4. The molecule has 2 nitrogen and oxygen atoms in total. The third kappa shape index (κ3) is 3.32. The highest BCUT2D eigenvalue weighted by Crippen LogP contribution is 2.16. The molecule has 1 aromatic carbocycles. The Bertz CT molecular complexity index is 498. The van der Waals surface area contributed by atoms with Gasteiger partial charge in [0.05, 0.1) is 6.54 Å². The molecule has 2 aromatic rings. The third-order valence-electron chi connectivity index (χ3n) is 2.56. The molecule has 0 spiro atoms. The van der Waals surface area contributed by atoms with Crippen molar-refractivity contribution in [2.24, 2.45) is 0 Å². The van der Waals surface area contributed by atoms with Crippen LogP contribution in [0.15, 0.2) is 40.8 Å². The molecule has 17 heavy (non-hydrogen) atoms. The Kier molecular flexibility index (Phi) is 3.82. The molecule has 0 aliphatic rings. The van der Waals surface area contributed by atoms with Gasteiger partial charge in [0.25, 0.3) is 0 Å². The second-order valence-corrected chi connectivity index (χ2v) is 4.24. The summed E-state index contributed by atoms with van der Waals surface area (Å²) in [6.07, 6.45) is 0. The largest absolute Gasteiger partial charge is 0.448 e. The first-order valence-electron chi connectivity index (χ1n) is 5.38. The van der Waals surface area contributed by atoms with E-state index in [1.807, 2.05) is 19.1 Å². The van der Waals surface area contributed by atoms with Gasteiger partial charge in [0.15, 0.2) is 5.22 Å². The van der Waals surface area contributed by atoms with Crippen LogP contribution in [0.4, 0.5) is 4.39 Å². The Morgan fingerprint density at radius 2 is 2.18 bits per heavy atom. The Labute approximate surface area is 104 Å². The van der Waals surface area contributed by atoms with E-state index in [0.29, 0.717) is 11.8 Å². The van der Waals surface area contributed by atoms with E-state index in [1.54, 1.807) is 12.1 Å². The van der Waals surface area contributed by atoms with Crippen LogP contribution in [0, 0.1) is 5.82 Å².